The summed E-state index contributed by atoms with van der Waals surface area (Å²) in [5, 5.41) is 13.4. The number of hydrogen-bond donors (Lipinski definition) is 1. The summed E-state index contributed by atoms with van der Waals surface area (Å²) in [5.74, 6) is 0.0687. The average molecular weight is 287 g/mol. The summed E-state index contributed by atoms with van der Waals surface area (Å²) >= 11 is 1.55. The Morgan fingerprint density at radius 2 is 2.25 bits per heavy atom. The minimum atomic E-state index is -0.525. The molecule has 1 aliphatic heterocycles. The van der Waals surface area contributed by atoms with E-state index >= 15 is 0 Å². The van der Waals surface area contributed by atoms with Crippen molar-refractivity contribution in [1.82, 2.24) is 4.98 Å². The maximum absolute atomic E-state index is 11.9. The fraction of sp³-hybridized carbons (Fsp3) is 0.0769. The number of amides is 1. The second kappa shape index (κ2) is 4.53. The van der Waals surface area contributed by atoms with Gasteiger partial charge in [0.15, 0.2) is 0 Å². The van der Waals surface area contributed by atoms with Gasteiger partial charge in [0, 0.05) is 21.4 Å². The zero-order chi connectivity index (χ0) is 14.3. The average Bonchev–Trinajstić information content (AvgIpc) is 2.94. The predicted octanol–water partition coefficient (Wildman–Crippen LogP) is 2.85. The minimum absolute atomic E-state index is 0.131. The van der Waals surface area contributed by atoms with Crippen molar-refractivity contribution in [3.63, 3.8) is 0 Å². The SMILES string of the molecule is Cc1ccc(C=C2C(=O)Nc3ncc([N+](=O)[O-])cc32)s1. The summed E-state index contributed by atoms with van der Waals surface area (Å²) in [6.45, 7) is 1.97. The van der Waals surface area contributed by atoms with Crippen LogP contribution in [0.25, 0.3) is 11.6 Å². The summed E-state index contributed by atoms with van der Waals surface area (Å²) < 4.78 is 0. The van der Waals surface area contributed by atoms with Gasteiger partial charge >= 0.3 is 0 Å². The molecule has 0 spiro atoms. The maximum atomic E-state index is 11.9. The number of carbonyl (C=O) groups is 1. The number of nitro groups is 1. The Morgan fingerprint density at radius 3 is 2.90 bits per heavy atom. The zero-order valence-electron chi connectivity index (χ0n) is 10.4. The van der Waals surface area contributed by atoms with Crippen LogP contribution in [0.1, 0.15) is 15.3 Å². The number of hydrogen-bond acceptors (Lipinski definition) is 5. The molecule has 0 bridgehead atoms. The standard InChI is InChI=1S/C13H9N3O3S/c1-7-2-3-9(20-7)5-11-10-4-8(16(18)19)6-14-12(10)15-13(11)17/h2-6H,1H3,(H,14,15,17). The fourth-order valence-electron chi connectivity index (χ4n) is 1.97. The first kappa shape index (κ1) is 12.5. The third-order valence-electron chi connectivity index (χ3n) is 2.90. The normalized spacial score (nSPS) is 15.2. The summed E-state index contributed by atoms with van der Waals surface area (Å²) in [4.78, 5) is 28.2. The molecule has 6 nitrogen and oxygen atoms in total. The molecule has 1 N–H and O–H groups in total. The fourth-order valence-corrected chi connectivity index (χ4v) is 2.79. The molecule has 20 heavy (non-hydrogen) atoms. The molecular weight excluding hydrogens is 278 g/mol. The molecule has 1 aliphatic rings. The summed E-state index contributed by atoms with van der Waals surface area (Å²) in [7, 11) is 0. The zero-order valence-corrected chi connectivity index (χ0v) is 11.2. The molecule has 0 aliphatic carbocycles. The molecule has 0 fully saturated rings. The molecule has 1 amide bonds. The highest BCUT2D eigenvalue weighted by Gasteiger charge is 2.27. The number of nitrogens with one attached hydrogen (secondary N) is 1. The molecule has 7 heteroatoms. The predicted molar refractivity (Wildman–Crippen MR) is 76.4 cm³/mol. The highest BCUT2D eigenvalue weighted by Crippen LogP contribution is 2.34. The third kappa shape index (κ3) is 2.08. The first-order chi connectivity index (χ1) is 9.54. The highest BCUT2D eigenvalue weighted by molar-refractivity contribution is 7.12. The molecule has 100 valence electrons. The van der Waals surface area contributed by atoms with Crippen molar-refractivity contribution in [3.8, 4) is 0 Å². The first-order valence-corrected chi connectivity index (χ1v) is 6.60. The number of rotatable bonds is 2. The molecule has 0 saturated carbocycles. The quantitative estimate of drug-likeness (QED) is 0.523. The lowest BCUT2D eigenvalue weighted by Gasteiger charge is -1.97. The van der Waals surface area contributed by atoms with Gasteiger partial charge in [-0.3, -0.25) is 14.9 Å². The molecule has 3 rings (SSSR count). The highest BCUT2D eigenvalue weighted by atomic mass is 32.1. The van der Waals surface area contributed by atoms with Crippen molar-refractivity contribution in [2.75, 3.05) is 5.32 Å². The Kier molecular flexibility index (Phi) is 2.83. The van der Waals surface area contributed by atoms with Crippen molar-refractivity contribution >= 4 is 40.4 Å². The maximum Gasteiger partial charge on any atom is 0.288 e. The second-order valence-corrected chi connectivity index (χ2v) is 5.63. The lowest BCUT2D eigenvalue weighted by molar-refractivity contribution is -0.385. The van der Waals surface area contributed by atoms with Crippen LogP contribution in [0.3, 0.4) is 0 Å². The topological polar surface area (TPSA) is 85.1 Å². The van der Waals surface area contributed by atoms with E-state index in [0.29, 0.717) is 17.0 Å². The number of nitrogens with zero attached hydrogens (tertiary/aromatic N) is 2. The van der Waals surface area contributed by atoms with Crippen LogP contribution in [-0.2, 0) is 4.79 Å². The molecule has 0 saturated heterocycles. The van der Waals surface area contributed by atoms with Crippen LogP contribution >= 0.6 is 11.3 Å². The van der Waals surface area contributed by atoms with Crippen LogP contribution in [0.15, 0.2) is 24.4 Å². The number of carbonyl (C=O) groups excluding carboxylic acids is 1. The number of pyridine rings is 1. The molecule has 2 aromatic rings. The number of anilines is 1. The molecule has 2 aromatic heterocycles. The Morgan fingerprint density at radius 1 is 1.45 bits per heavy atom. The Bertz CT molecular complexity index is 764. The lowest BCUT2D eigenvalue weighted by atomic mass is 10.1. The molecule has 3 heterocycles. The van der Waals surface area contributed by atoms with Gasteiger partial charge in [-0.2, -0.15) is 0 Å². The van der Waals surface area contributed by atoms with E-state index in [4.69, 9.17) is 0 Å². The first-order valence-electron chi connectivity index (χ1n) is 5.79. The van der Waals surface area contributed by atoms with Crippen LogP contribution in [0.5, 0.6) is 0 Å². The van der Waals surface area contributed by atoms with E-state index in [1.807, 2.05) is 19.1 Å². The van der Waals surface area contributed by atoms with E-state index in [9.17, 15) is 14.9 Å². The van der Waals surface area contributed by atoms with E-state index in [0.717, 1.165) is 16.0 Å². The molecule has 0 radical (unpaired) electrons. The summed E-state index contributed by atoms with van der Waals surface area (Å²) in [6, 6.07) is 5.23. The van der Waals surface area contributed by atoms with Gasteiger partial charge in [-0.15, -0.1) is 11.3 Å². The largest absolute Gasteiger partial charge is 0.306 e. The van der Waals surface area contributed by atoms with Crippen molar-refractivity contribution in [2.45, 2.75) is 6.92 Å². The van der Waals surface area contributed by atoms with Gasteiger partial charge in [0.2, 0.25) is 0 Å². The van der Waals surface area contributed by atoms with Crippen LogP contribution in [0.4, 0.5) is 11.5 Å². The summed E-state index contributed by atoms with van der Waals surface area (Å²) in [5.41, 5.74) is 0.738. The van der Waals surface area contributed by atoms with Gasteiger partial charge in [-0.25, -0.2) is 4.98 Å². The van der Waals surface area contributed by atoms with Gasteiger partial charge in [-0.05, 0) is 25.1 Å². The van der Waals surface area contributed by atoms with Gasteiger partial charge < -0.3 is 5.32 Å². The number of thiophene rings is 1. The van der Waals surface area contributed by atoms with Gasteiger partial charge in [0.05, 0.1) is 10.5 Å². The molecule has 0 aromatic carbocycles. The van der Waals surface area contributed by atoms with Crippen molar-refractivity contribution in [3.05, 3.63) is 49.8 Å². The van der Waals surface area contributed by atoms with E-state index in [2.05, 4.69) is 10.3 Å². The van der Waals surface area contributed by atoms with E-state index in [1.165, 1.54) is 6.07 Å². The number of fused-ring (bicyclic) bond motifs is 1. The van der Waals surface area contributed by atoms with Crippen LogP contribution in [-0.4, -0.2) is 15.8 Å². The van der Waals surface area contributed by atoms with E-state index in [1.54, 1.807) is 17.4 Å². The van der Waals surface area contributed by atoms with Gasteiger partial charge in [-0.1, -0.05) is 0 Å². The van der Waals surface area contributed by atoms with Gasteiger partial charge in [0.25, 0.3) is 11.6 Å². The van der Waals surface area contributed by atoms with Gasteiger partial charge in [0.1, 0.15) is 12.0 Å². The van der Waals surface area contributed by atoms with Crippen molar-refractivity contribution in [2.24, 2.45) is 0 Å². The second-order valence-electron chi connectivity index (χ2n) is 4.31. The smallest absolute Gasteiger partial charge is 0.288 e. The minimum Gasteiger partial charge on any atom is -0.306 e. The molecular formula is C13H9N3O3S. The monoisotopic (exact) mass is 287 g/mol. The Labute approximate surface area is 117 Å². The van der Waals surface area contributed by atoms with Crippen molar-refractivity contribution < 1.29 is 9.72 Å². The van der Waals surface area contributed by atoms with Crippen LogP contribution in [0, 0.1) is 17.0 Å². The number of aryl methyl sites for hydroxylation is 1. The third-order valence-corrected chi connectivity index (χ3v) is 3.85. The van der Waals surface area contributed by atoms with E-state index in [-0.39, 0.29) is 11.6 Å². The van der Waals surface area contributed by atoms with Crippen LogP contribution in [0.2, 0.25) is 0 Å². The lowest BCUT2D eigenvalue weighted by Crippen LogP contribution is -2.04. The number of aromatic nitrogens is 1. The Balaban J connectivity index is 2.10. The Hall–Kier alpha value is -2.54. The van der Waals surface area contributed by atoms with Crippen molar-refractivity contribution in [1.29, 1.82) is 0 Å². The van der Waals surface area contributed by atoms with Crippen LogP contribution < -0.4 is 5.32 Å². The van der Waals surface area contributed by atoms with E-state index < -0.39 is 4.92 Å². The molecule has 0 atom stereocenters. The molecule has 0 unspecified atom stereocenters. The summed E-state index contributed by atoms with van der Waals surface area (Å²) in [6.07, 6.45) is 2.86.